The molecule has 0 bridgehead atoms. The van der Waals surface area contributed by atoms with Gasteiger partial charge in [-0.25, -0.2) is 4.98 Å². The summed E-state index contributed by atoms with van der Waals surface area (Å²) < 4.78 is 0.776. The highest BCUT2D eigenvalue weighted by Gasteiger charge is 2.16. The summed E-state index contributed by atoms with van der Waals surface area (Å²) >= 11 is 1.28. The Bertz CT molecular complexity index is 535. The first-order valence-corrected chi connectivity index (χ1v) is 5.26. The summed E-state index contributed by atoms with van der Waals surface area (Å²) in [6.45, 7) is 1.95. The Morgan fingerprint density at radius 1 is 1.60 bits per heavy atom. The first-order chi connectivity index (χ1) is 7.11. The third-order valence-electron chi connectivity index (χ3n) is 2.16. The Kier molecular flexibility index (Phi) is 2.28. The summed E-state index contributed by atoms with van der Waals surface area (Å²) in [5.74, 6) is 0. The number of nitro groups is 1. The van der Waals surface area contributed by atoms with Crippen LogP contribution >= 0.6 is 11.3 Å². The van der Waals surface area contributed by atoms with Crippen LogP contribution in [0, 0.1) is 10.1 Å². The van der Waals surface area contributed by atoms with Gasteiger partial charge in [0.1, 0.15) is 0 Å². The van der Waals surface area contributed by atoms with Gasteiger partial charge in [-0.1, -0.05) is 18.3 Å². The SMILES string of the molecule is CCc1cc([N+](=O)[O-])c2nc(N)sc2c1. The molecule has 2 rings (SSSR count). The van der Waals surface area contributed by atoms with E-state index in [1.54, 1.807) is 6.07 Å². The molecule has 0 fully saturated rings. The van der Waals surface area contributed by atoms with Crippen molar-refractivity contribution < 1.29 is 4.92 Å². The van der Waals surface area contributed by atoms with Gasteiger partial charge in [0.2, 0.25) is 0 Å². The van der Waals surface area contributed by atoms with E-state index in [2.05, 4.69) is 4.98 Å². The number of nitrogen functional groups attached to an aromatic ring is 1. The molecule has 0 radical (unpaired) electrons. The highest BCUT2D eigenvalue weighted by Crippen LogP contribution is 2.32. The molecule has 0 spiro atoms. The van der Waals surface area contributed by atoms with E-state index in [9.17, 15) is 10.1 Å². The summed E-state index contributed by atoms with van der Waals surface area (Å²) in [6, 6.07) is 3.46. The molecule has 1 aromatic heterocycles. The molecule has 0 aliphatic rings. The zero-order valence-electron chi connectivity index (χ0n) is 8.06. The van der Waals surface area contributed by atoms with Crippen molar-refractivity contribution in [2.75, 3.05) is 5.73 Å². The van der Waals surface area contributed by atoms with Gasteiger partial charge in [-0.05, 0) is 18.1 Å². The highest BCUT2D eigenvalue weighted by molar-refractivity contribution is 7.22. The molecule has 15 heavy (non-hydrogen) atoms. The third-order valence-corrected chi connectivity index (χ3v) is 2.99. The summed E-state index contributed by atoms with van der Waals surface area (Å²) in [6.07, 6.45) is 0.759. The molecular weight excluding hydrogens is 214 g/mol. The summed E-state index contributed by atoms with van der Waals surface area (Å²) in [5.41, 5.74) is 6.89. The van der Waals surface area contributed by atoms with E-state index in [0.29, 0.717) is 10.6 Å². The minimum Gasteiger partial charge on any atom is -0.375 e. The molecule has 0 saturated carbocycles. The second kappa shape index (κ2) is 3.47. The average molecular weight is 223 g/mol. The van der Waals surface area contributed by atoms with Crippen molar-refractivity contribution in [3.63, 3.8) is 0 Å². The number of rotatable bonds is 2. The van der Waals surface area contributed by atoms with Gasteiger partial charge in [-0.2, -0.15) is 0 Å². The fraction of sp³-hybridized carbons (Fsp3) is 0.222. The number of hydrogen-bond acceptors (Lipinski definition) is 5. The van der Waals surface area contributed by atoms with Crippen molar-refractivity contribution in [2.24, 2.45) is 0 Å². The lowest BCUT2D eigenvalue weighted by Gasteiger charge is -1.97. The van der Waals surface area contributed by atoms with Crippen molar-refractivity contribution in [1.29, 1.82) is 0 Å². The standard InChI is InChI=1S/C9H9N3O2S/c1-2-5-3-6(12(13)14)8-7(4-5)15-9(10)11-8/h3-4H,2H2,1H3,(H2,10,11). The van der Waals surface area contributed by atoms with E-state index in [1.807, 2.05) is 13.0 Å². The van der Waals surface area contributed by atoms with Crippen LogP contribution in [-0.4, -0.2) is 9.91 Å². The first kappa shape index (κ1) is 9.85. The molecule has 1 heterocycles. The van der Waals surface area contributed by atoms with Crippen LogP contribution in [0.1, 0.15) is 12.5 Å². The van der Waals surface area contributed by atoms with Gasteiger partial charge >= 0.3 is 0 Å². The van der Waals surface area contributed by atoms with Crippen molar-refractivity contribution in [2.45, 2.75) is 13.3 Å². The van der Waals surface area contributed by atoms with Crippen molar-refractivity contribution in [3.8, 4) is 0 Å². The van der Waals surface area contributed by atoms with Crippen LogP contribution in [0.25, 0.3) is 10.2 Å². The average Bonchev–Trinajstić information content (AvgIpc) is 2.55. The molecule has 0 saturated heterocycles. The number of hydrogen-bond donors (Lipinski definition) is 1. The Hall–Kier alpha value is -1.69. The van der Waals surface area contributed by atoms with Crippen LogP contribution in [-0.2, 0) is 6.42 Å². The van der Waals surface area contributed by atoms with Gasteiger partial charge in [0.15, 0.2) is 10.6 Å². The van der Waals surface area contributed by atoms with E-state index in [4.69, 9.17) is 5.73 Å². The first-order valence-electron chi connectivity index (χ1n) is 4.45. The number of aromatic nitrogens is 1. The largest absolute Gasteiger partial charge is 0.375 e. The minimum absolute atomic E-state index is 0.0392. The van der Waals surface area contributed by atoms with Gasteiger partial charge in [0.05, 0.1) is 9.62 Å². The molecule has 0 amide bonds. The van der Waals surface area contributed by atoms with Crippen LogP contribution in [0.4, 0.5) is 10.8 Å². The summed E-state index contributed by atoms with van der Waals surface area (Å²) in [7, 11) is 0. The van der Waals surface area contributed by atoms with Gasteiger partial charge in [-0.3, -0.25) is 10.1 Å². The number of aryl methyl sites for hydroxylation is 1. The maximum atomic E-state index is 10.8. The van der Waals surface area contributed by atoms with E-state index in [0.717, 1.165) is 16.7 Å². The lowest BCUT2D eigenvalue weighted by atomic mass is 10.1. The third kappa shape index (κ3) is 1.63. The molecule has 0 aliphatic heterocycles. The van der Waals surface area contributed by atoms with Crippen molar-refractivity contribution >= 4 is 32.4 Å². The lowest BCUT2D eigenvalue weighted by molar-refractivity contribution is -0.383. The zero-order chi connectivity index (χ0) is 11.0. The molecule has 2 N–H and O–H groups in total. The molecule has 0 unspecified atom stereocenters. The van der Waals surface area contributed by atoms with Crippen molar-refractivity contribution in [3.05, 3.63) is 27.8 Å². The quantitative estimate of drug-likeness (QED) is 0.625. The number of fused-ring (bicyclic) bond motifs is 1. The van der Waals surface area contributed by atoms with E-state index >= 15 is 0 Å². The lowest BCUT2D eigenvalue weighted by Crippen LogP contribution is -1.92. The molecule has 2 aromatic rings. The second-order valence-corrected chi connectivity index (χ2v) is 4.19. The van der Waals surface area contributed by atoms with Crippen LogP contribution in [0.5, 0.6) is 0 Å². The fourth-order valence-electron chi connectivity index (χ4n) is 1.43. The number of nitrogens with two attached hydrogens (primary N) is 1. The maximum Gasteiger partial charge on any atom is 0.296 e. The van der Waals surface area contributed by atoms with Gasteiger partial charge in [0, 0.05) is 6.07 Å². The van der Waals surface area contributed by atoms with Crippen LogP contribution < -0.4 is 5.73 Å². The number of nitrogens with zero attached hydrogens (tertiary/aromatic N) is 2. The smallest absolute Gasteiger partial charge is 0.296 e. The van der Waals surface area contributed by atoms with Crippen LogP contribution in [0.3, 0.4) is 0 Å². The number of nitro benzene ring substituents is 1. The highest BCUT2D eigenvalue weighted by atomic mass is 32.1. The normalized spacial score (nSPS) is 10.7. The van der Waals surface area contributed by atoms with Crippen LogP contribution in [0.2, 0.25) is 0 Å². The number of anilines is 1. The molecule has 0 aliphatic carbocycles. The van der Waals surface area contributed by atoms with Gasteiger partial charge < -0.3 is 5.73 Å². The predicted molar refractivity (Wildman–Crippen MR) is 60.1 cm³/mol. The predicted octanol–water partition coefficient (Wildman–Crippen LogP) is 2.35. The van der Waals surface area contributed by atoms with E-state index in [-0.39, 0.29) is 5.69 Å². The molecule has 78 valence electrons. The fourth-order valence-corrected chi connectivity index (χ4v) is 2.25. The Morgan fingerprint density at radius 3 is 2.93 bits per heavy atom. The van der Waals surface area contributed by atoms with Gasteiger partial charge in [0.25, 0.3) is 5.69 Å². The Morgan fingerprint density at radius 2 is 2.33 bits per heavy atom. The Labute approximate surface area is 89.7 Å². The minimum atomic E-state index is -0.416. The van der Waals surface area contributed by atoms with Crippen molar-refractivity contribution in [1.82, 2.24) is 4.98 Å². The number of thiazole rings is 1. The number of benzene rings is 1. The Balaban J connectivity index is 2.79. The van der Waals surface area contributed by atoms with Crippen LogP contribution in [0.15, 0.2) is 12.1 Å². The molecule has 0 atom stereocenters. The maximum absolute atomic E-state index is 10.8. The molecular formula is C9H9N3O2S. The molecule has 6 heteroatoms. The van der Waals surface area contributed by atoms with E-state index in [1.165, 1.54) is 11.3 Å². The topological polar surface area (TPSA) is 82.0 Å². The summed E-state index contributed by atoms with van der Waals surface area (Å²) in [5, 5.41) is 11.2. The van der Waals surface area contributed by atoms with Gasteiger partial charge in [-0.15, -0.1) is 0 Å². The second-order valence-electron chi connectivity index (χ2n) is 3.12. The molecule has 1 aromatic carbocycles. The van der Waals surface area contributed by atoms with E-state index < -0.39 is 4.92 Å². The summed E-state index contributed by atoms with van der Waals surface area (Å²) in [4.78, 5) is 14.4. The zero-order valence-corrected chi connectivity index (χ0v) is 8.87. The molecule has 5 nitrogen and oxygen atoms in total. The monoisotopic (exact) mass is 223 g/mol. The number of non-ortho nitro benzene ring substituents is 1.